The Bertz CT molecular complexity index is 4160. The van der Waals surface area contributed by atoms with Gasteiger partial charge in [0.1, 0.15) is 50.6 Å². The first-order chi connectivity index (χ1) is 45.3. The van der Waals surface area contributed by atoms with Crippen LogP contribution in [0.4, 0.5) is 17.1 Å². The number of rotatable bonds is 18. The molecule has 0 aliphatic carbocycles. The minimum absolute atomic E-state index is 0.0450. The quantitative estimate of drug-likeness (QED) is 0.0365. The predicted octanol–water partition coefficient (Wildman–Crippen LogP) is 16.7. The molecule has 9 aromatic rings. The highest BCUT2D eigenvalue weighted by Gasteiger charge is 2.31. The van der Waals surface area contributed by atoms with Crippen LogP contribution in [0.25, 0.3) is 56.3 Å². The maximum Gasteiger partial charge on any atom is 0.171 e. The Hall–Kier alpha value is -6.97. The molecule has 512 valence electrons. The summed E-state index contributed by atoms with van der Waals surface area (Å²) in [7, 11) is -2.29. The van der Waals surface area contributed by atoms with Crippen LogP contribution in [-0.4, -0.2) is 145 Å². The van der Waals surface area contributed by atoms with Gasteiger partial charge in [-0.1, -0.05) is 102 Å². The van der Waals surface area contributed by atoms with Gasteiger partial charge >= 0.3 is 0 Å². The molecule has 0 aromatic carbocycles. The number of carbonyl (C=O) groups is 3. The van der Waals surface area contributed by atoms with Crippen molar-refractivity contribution in [1.82, 2.24) is 59.0 Å². The van der Waals surface area contributed by atoms with Crippen molar-refractivity contribution in [3.05, 3.63) is 118 Å². The van der Waals surface area contributed by atoms with E-state index in [-0.39, 0.29) is 17.3 Å². The van der Waals surface area contributed by atoms with Gasteiger partial charge in [-0.3, -0.25) is 24.4 Å². The van der Waals surface area contributed by atoms with Crippen molar-refractivity contribution in [3.8, 4) is 22.8 Å². The molecule has 0 spiro atoms. The molecule has 0 saturated carbocycles. The largest absolute Gasteiger partial charge is 0.371 e. The van der Waals surface area contributed by atoms with E-state index >= 15 is 0 Å². The molecule has 12 rings (SSSR count). The van der Waals surface area contributed by atoms with Crippen LogP contribution < -0.4 is 14.7 Å². The van der Waals surface area contributed by atoms with Gasteiger partial charge in [-0.05, 0) is 119 Å². The number of carbonyl (C=O) groups excluding carboxylic acids is 3. The van der Waals surface area contributed by atoms with Crippen LogP contribution in [0.5, 0.6) is 0 Å². The van der Waals surface area contributed by atoms with Crippen LogP contribution in [0.1, 0.15) is 132 Å². The summed E-state index contributed by atoms with van der Waals surface area (Å²) in [5.74, 6) is 0.151. The number of nitrogens with zero attached hydrogens (tertiary/aromatic N) is 14. The zero-order valence-corrected chi connectivity index (χ0v) is 64.1. The number of halogens is 2. The Morgan fingerprint density at radius 1 is 0.469 bits per heavy atom. The number of ether oxygens (including phenoxy) is 2. The van der Waals surface area contributed by atoms with E-state index in [1.54, 1.807) is 24.8 Å². The van der Waals surface area contributed by atoms with Crippen molar-refractivity contribution in [1.29, 1.82) is 0 Å². The van der Waals surface area contributed by atoms with Crippen molar-refractivity contribution in [2.75, 3.05) is 67.2 Å². The topological polar surface area (TPSA) is 221 Å². The van der Waals surface area contributed by atoms with Crippen molar-refractivity contribution in [2.45, 2.75) is 166 Å². The van der Waals surface area contributed by atoms with Crippen LogP contribution in [0, 0.1) is 16.2 Å². The molecule has 0 amide bonds. The molecule has 20 nitrogen and oxygen atoms in total. The maximum atomic E-state index is 13.3. The molecule has 0 radical (unpaired) electrons. The number of pyridine rings is 3. The molecule has 3 aliphatic heterocycles. The lowest BCUT2D eigenvalue weighted by Gasteiger charge is -2.17. The van der Waals surface area contributed by atoms with Gasteiger partial charge in [0.15, 0.2) is 34.3 Å². The van der Waals surface area contributed by atoms with Crippen LogP contribution in [0.2, 0.25) is 51.4 Å². The summed E-state index contributed by atoms with van der Waals surface area (Å²) in [5.41, 5.74) is 10.6. The predicted molar refractivity (Wildman–Crippen MR) is 399 cm³/mol. The lowest BCUT2D eigenvalue weighted by Crippen LogP contribution is -2.22. The van der Waals surface area contributed by atoms with Crippen molar-refractivity contribution < 1.29 is 23.9 Å². The number of H-pyrrole nitrogens is 1. The summed E-state index contributed by atoms with van der Waals surface area (Å²) in [6.45, 7) is 40.1. The molecule has 3 fully saturated rings. The summed E-state index contributed by atoms with van der Waals surface area (Å²) in [5, 5.41) is 0. The molecule has 9 aromatic heterocycles. The highest BCUT2D eigenvalue weighted by molar-refractivity contribution is 9.10. The van der Waals surface area contributed by atoms with Crippen molar-refractivity contribution in [3.63, 3.8) is 0 Å². The number of fused-ring (bicyclic) bond motifs is 3. The second kappa shape index (κ2) is 31.3. The van der Waals surface area contributed by atoms with Crippen LogP contribution in [0.15, 0.2) is 101 Å². The average Bonchev–Trinajstić information content (AvgIpc) is 1.62. The SMILES string of the molecule is Brc1cc(N2CCCC2)ccn1.CC(C)(C)C(=O)c1c[nH]c2ncc(-c3cc(N4CCCC4)ccn3)nc12.CC(C)(C)C(=O)c1cn(COCC[Si](C)(C)C)c2ncc(-c3cc(N4CCCC4)ccn3)nc12.CC(C)(C)C(=O)c1cn(COCC[Si](C)(C)C)c2ncc(Br)nc12. The molecule has 12 heterocycles. The van der Waals surface area contributed by atoms with Gasteiger partial charge in [0.05, 0.1) is 46.7 Å². The number of anilines is 3. The van der Waals surface area contributed by atoms with Crippen LogP contribution >= 0.6 is 31.9 Å². The molecule has 96 heavy (non-hydrogen) atoms. The molecule has 1 N–H and O–H groups in total. The number of ketones is 3. The zero-order valence-electron chi connectivity index (χ0n) is 58.9. The van der Waals surface area contributed by atoms with E-state index < -0.39 is 32.4 Å². The van der Waals surface area contributed by atoms with E-state index in [2.05, 4.69) is 145 Å². The Morgan fingerprint density at radius 2 is 0.854 bits per heavy atom. The summed E-state index contributed by atoms with van der Waals surface area (Å²) >= 11 is 6.71. The first kappa shape index (κ1) is 73.3. The first-order valence-corrected chi connectivity index (χ1v) is 42.6. The van der Waals surface area contributed by atoms with Crippen molar-refractivity contribution >= 4 is 116 Å². The second-order valence-electron chi connectivity index (χ2n) is 30.6. The minimum Gasteiger partial charge on any atom is -0.371 e. The Kier molecular flexibility index (Phi) is 23.9. The van der Waals surface area contributed by atoms with Crippen molar-refractivity contribution in [2.24, 2.45) is 16.2 Å². The molecule has 0 atom stereocenters. The smallest absolute Gasteiger partial charge is 0.171 e. The van der Waals surface area contributed by atoms with E-state index in [0.717, 1.165) is 72.2 Å². The Labute approximate surface area is 585 Å². The monoisotopic (exact) mass is 1470 g/mol. The van der Waals surface area contributed by atoms with E-state index in [1.165, 1.54) is 57.3 Å². The third-order valence-electron chi connectivity index (χ3n) is 16.8. The number of aromatic nitrogens is 12. The highest BCUT2D eigenvalue weighted by atomic mass is 79.9. The standard InChI is InChI=1S/C26H37N5O2Si.C20H23N5O.C17H26BrN3O2Si.C9H11BrN2/c1-26(2,3)24(32)20-17-31(18-33-13-14-34(4,5)6)25-23(20)29-22(16-28-25)21-15-19(9-10-27-21)30-11-7-8-12-30;1-20(2,3)18(26)14-11-22-19-17(14)24-16(12-23-19)15-10-13(6-7-21-15)25-8-4-5-9-25;1-17(2,3)15(22)12-10-21(11-23-7-8-24(4,5)6)16-14(12)20-13(18)9-19-16;10-9-7-8(3-4-11-9)12-5-1-2-6-12/h9-10,15-17H,7-8,11-14,18H2,1-6H3;6-7,10-12H,4-5,8-9H2,1-3H3,(H,22,23);9-10H,7-8,11H2,1-6H3;3-4,7H,1-2,5-6H2. The lowest BCUT2D eigenvalue weighted by molar-refractivity contribution is 0.0842. The normalized spacial score (nSPS) is 14.6. The Morgan fingerprint density at radius 3 is 1.28 bits per heavy atom. The third kappa shape index (κ3) is 19.4. The van der Waals surface area contributed by atoms with Gasteiger partial charge < -0.3 is 38.3 Å². The Balaban J connectivity index is 0.000000157. The van der Waals surface area contributed by atoms with E-state index in [1.807, 2.05) is 115 Å². The van der Waals surface area contributed by atoms with Crippen LogP contribution in [-0.2, 0) is 22.9 Å². The number of hydrogen-bond acceptors (Lipinski definition) is 17. The number of aromatic amines is 1. The number of nitrogens with one attached hydrogen (secondary N) is 1. The first-order valence-electron chi connectivity index (χ1n) is 33.6. The third-order valence-corrected chi connectivity index (χ3v) is 21.1. The molecule has 0 unspecified atom stereocenters. The zero-order chi connectivity index (χ0) is 69.3. The molecular formula is C72H97Br2N15O5Si2. The fourth-order valence-electron chi connectivity index (χ4n) is 11.2. The molecule has 3 aliphatic rings. The van der Waals surface area contributed by atoms with Gasteiger partial charge in [-0.25, -0.2) is 34.9 Å². The molecule has 3 saturated heterocycles. The lowest BCUT2D eigenvalue weighted by atomic mass is 9.87. The highest BCUT2D eigenvalue weighted by Crippen LogP contribution is 2.33. The molecule has 0 bridgehead atoms. The van der Waals surface area contributed by atoms with Crippen LogP contribution in [0.3, 0.4) is 0 Å². The number of hydrogen-bond donors (Lipinski definition) is 1. The van der Waals surface area contributed by atoms with Gasteiger partial charge in [0.25, 0.3) is 0 Å². The maximum absolute atomic E-state index is 13.3. The van der Waals surface area contributed by atoms with E-state index in [0.29, 0.717) is 86.2 Å². The van der Waals surface area contributed by atoms with Gasteiger partial charge in [0.2, 0.25) is 0 Å². The number of Topliss-reactive ketones (excluding diaryl/α,β-unsaturated/α-hetero) is 3. The summed E-state index contributed by atoms with van der Waals surface area (Å²) in [6, 6.07) is 14.5. The van der Waals surface area contributed by atoms with Gasteiger partial charge in [-0.15, -0.1) is 0 Å². The minimum atomic E-state index is -1.17. The average molecular weight is 1470 g/mol. The summed E-state index contributed by atoms with van der Waals surface area (Å²) in [4.78, 5) is 89.7. The summed E-state index contributed by atoms with van der Waals surface area (Å²) < 4.78 is 17.1. The van der Waals surface area contributed by atoms with E-state index in [9.17, 15) is 14.4 Å². The molecule has 24 heteroatoms. The fourth-order valence-corrected chi connectivity index (χ4v) is 13.4. The molecular weight excluding hydrogens is 1370 g/mol. The fraction of sp³-hybridized carbons (Fsp3) is 0.500. The van der Waals surface area contributed by atoms with Gasteiger partial charge in [-0.2, -0.15) is 0 Å². The van der Waals surface area contributed by atoms with E-state index in [4.69, 9.17) is 24.4 Å². The van der Waals surface area contributed by atoms with Gasteiger partial charge in [0, 0.05) is 139 Å². The summed E-state index contributed by atoms with van der Waals surface area (Å²) in [6.07, 6.45) is 23.5. The second-order valence-corrected chi connectivity index (χ2v) is 43.5.